The minimum absolute atomic E-state index is 0.165. The predicted octanol–water partition coefficient (Wildman–Crippen LogP) is 3.07. The highest BCUT2D eigenvalue weighted by Gasteiger charge is 2.20. The van der Waals surface area contributed by atoms with Crippen LogP contribution in [0.5, 0.6) is 0 Å². The smallest absolute Gasteiger partial charge is 0.251 e. The third-order valence-electron chi connectivity index (χ3n) is 4.27. The molecule has 0 unspecified atom stereocenters. The maximum atomic E-state index is 12.8. The number of rotatable bonds is 5. The first kappa shape index (κ1) is 16.0. The Hall–Kier alpha value is -3.54. The van der Waals surface area contributed by atoms with Crippen LogP contribution in [0, 0.1) is 0 Å². The van der Waals surface area contributed by atoms with Crippen LogP contribution in [-0.4, -0.2) is 26.5 Å². The van der Waals surface area contributed by atoms with Crippen LogP contribution in [0.15, 0.2) is 72.8 Å². The molecule has 1 aromatic heterocycles. The molecular formula is C20H17N5O. The lowest BCUT2D eigenvalue weighted by molar-refractivity contribution is 0.0935. The number of aromatic amines is 1. The summed E-state index contributed by atoms with van der Waals surface area (Å²) in [4.78, 5) is 12.8. The Kier molecular flexibility index (Phi) is 4.38. The second-order valence-corrected chi connectivity index (χ2v) is 6.05. The molecule has 1 heterocycles. The Morgan fingerprint density at radius 1 is 0.962 bits per heavy atom. The van der Waals surface area contributed by atoms with Crippen molar-refractivity contribution < 1.29 is 4.79 Å². The number of carbonyl (C=O) groups is 1. The molecule has 6 heteroatoms. The molecule has 0 fully saturated rings. The second kappa shape index (κ2) is 7.14. The van der Waals surface area contributed by atoms with E-state index < -0.39 is 0 Å². The monoisotopic (exact) mass is 343 g/mol. The Balaban J connectivity index is 1.58. The summed E-state index contributed by atoms with van der Waals surface area (Å²) in [5.41, 5.74) is 1.69. The second-order valence-electron chi connectivity index (χ2n) is 6.05. The van der Waals surface area contributed by atoms with E-state index in [-0.39, 0.29) is 11.9 Å². The number of hydrogen-bond acceptors (Lipinski definition) is 4. The Labute approximate surface area is 150 Å². The van der Waals surface area contributed by atoms with E-state index in [1.807, 2.05) is 72.8 Å². The largest absolute Gasteiger partial charge is 0.342 e. The van der Waals surface area contributed by atoms with Crippen LogP contribution in [0.25, 0.3) is 10.8 Å². The van der Waals surface area contributed by atoms with Gasteiger partial charge in [0, 0.05) is 12.0 Å². The zero-order valence-corrected chi connectivity index (χ0v) is 14.0. The van der Waals surface area contributed by atoms with Crippen molar-refractivity contribution >= 4 is 16.7 Å². The van der Waals surface area contributed by atoms with Gasteiger partial charge in [-0.15, -0.1) is 10.2 Å². The van der Waals surface area contributed by atoms with Gasteiger partial charge in [-0.3, -0.25) is 4.79 Å². The van der Waals surface area contributed by atoms with Gasteiger partial charge in [-0.1, -0.05) is 65.9 Å². The standard InChI is InChI=1S/C20H17N5O/c26-20(17-11-10-15-8-4-5-9-16(15)13-17)21-18(19-22-24-25-23-19)12-14-6-2-1-3-7-14/h1-11,13,18H,12H2,(H,21,26)(H,22,23,24,25)/t18-/m1/s1. The predicted molar refractivity (Wildman–Crippen MR) is 98.5 cm³/mol. The number of nitrogens with zero attached hydrogens (tertiary/aromatic N) is 3. The van der Waals surface area contributed by atoms with Crippen LogP contribution in [0.3, 0.4) is 0 Å². The molecule has 0 bridgehead atoms. The number of tetrazole rings is 1. The Morgan fingerprint density at radius 3 is 2.50 bits per heavy atom. The molecule has 0 spiro atoms. The van der Waals surface area contributed by atoms with Crippen molar-refractivity contribution in [2.24, 2.45) is 0 Å². The molecule has 0 aliphatic rings. The summed E-state index contributed by atoms with van der Waals surface area (Å²) in [6.45, 7) is 0. The van der Waals surface area contributed by atoms with Crippen LogP contribution in [0.2, 0.25) is 0 Å². The fourth-order valence-corrected chi connectivity index (χ4v) is 2.95. The number of benzene rings is 3. The molecule has 0 aliphatic carbocycles. The first-order valence-corrected chi connectivity index (χ1v) is 8.36. The summed E-state index contributed by atoms with van der Waals surface area (Å²) in [5.74, 6) is 0.296. The molecule has 4 rings (SSSR count). The van der Waals surface area contributed by atoms with Crippen molar-refractivity contribution in [1.82, 2.24) is 25.9 Å². The molecule has 0 radical (unpaired) electrons. The molecule has 3 aromatic carbocycles. The molecule has 6 nitrogen and oxygen atoms in total. The van der Waals surface area contributed by atoms with Crippen LogP contribution < -0.4 is 5.32 Å². The van der Waals surface area contributed by atoms with Crippen molar-refractivity contribution in [2.75, 3.05) is 0 Å². The van der Waals surface area contributed by atoms with Crippen LogP contribution in [-0.2, 0) is 6.42 Å². The number of fused-ring (bicyclic) bond motifs is 1. The molecular weight excluding hydrogens is 326 g/mol. The highest BCUT2D eigenvalue weighted by Crippen LogP contribution is 2.18. The van der Waals surface area contributed by atoms with Crippen molar-refractivity contribution in [1.29, 1.82) is 0 Å². The van der Waals surface area contributed by atoms with E-state index in [9.17, 15) is 4.79 Å². The zero-order valence-electron chi connectivity index (χ0n) is 14.0. The van der Waals surface area contributed by atoms with Gasteiger partial charge in [0.15, 0.2) is 5.82 Å². The zero-order chi connectivity index (χ0) is 17.8. The minimum Gasteiger partial charge on any atom is -0.342 e. The Bertz CT molecular complexity index is 1010. The number of H-pyrrole nitrogens is 1. The van der Waals surface area contributed by atoms with Crippen LogP contribution in [0.1, 0.15) is 27.8 Å². The molecule has 0 saturated heterocycles. The number of carbonyl (C=O) groups excluding carboxylic acids is 1. The van der Waals surface area contributed by atoms with Gasteiger partial charge in [0.25, 0.3) is 5.91 Å². The van der Waals surface area contributed by atoms with Gasteiger partial charge in [-0.05, 0) is 28.5 Å². The van der Waals surface area contributed by atoms with E-state index in [1.54, 1.807) is 0 Å². The van der Waals surface area contributed by atoms with Gasteiger partial charge < -0.3 is 5.32 Å². The lowest BCUT2D eigenvalue weighted by Gasteiger charge is -2.16. The van der Waals surface area contributed by atoms with Gasteiger partial charge >= 0.3 is 0 Å². The van der Waals surface area contributed by atoms with E-state index >= 15 is 0 Å². The van der Waals surface area contributed by atoms with Crippen molar-refractivity contribution in [2.45, 2.75) is 12.5 Å². The van der Waals surface area contributed by atoms with Gasteiger partial charge in [-0.25, -0.2) is 0 Å². The molecule has 0 aliphatic heterocycles. The van der Waals surface area contributed by atoms with Crippen LogP contribution in [0.4, 0.5) is 0 Å². The van der Waals surface area contributed by atoms with Gasteiger partial charge in [0.2, 0.25) is 0 Å². The molecule has 26 heavy (non-hydrogen) atoms. The topological polar surface area (TPSA) is 83.6 Å². The third kappa shape index (κ3) is 3.44. The first-order valence-electron chi connectivity index (χ1n) is 8.36. The van der Waals surface area contributed by atoms with E-state index in [2.05, 4.69) is 25.9 Å². The highest BCUT2D eigenvalue weighted by atomic mass is 16.1. The van der Waals surface area contributed by atoms with Gasteiger partial charge in [0.1, 0.15) is 0 Å². The maximum Gasteiger partial charge on any atom is 0.251 e. The number of nitrogens with one attached hydrogen (secondary N) is 2. The fourth-order valence-electron chi connectivity index (χ4n) is 2.95. The molecule has 4 aromatic rings. The third-order valence-corrected chi connectivity index (χ3v) is 4.27. The summed E-state index contributed by atoms with van der Waals surface area (Å²) >= 11 is 0. The number of amides is 1. The average Bonchev–Trinajstić information content (AvgIpc) is 3.22. The fraction of sp³-hybridized carbons (Fsp3) is 0.100. The Morgan fingerprint density at radius 2 is 1.73 bits per heavy atom. The van der Waals surface area contributed by atoms with E-state index in [0.29, 0.717) is 17.8 Å². The average molecular weight is 343 g/mol. The van der Waals surface area contributed by atoms with Crippen molar-refractivity contribution in [3.8, 4) is 0 Å². The summed E-state index contributed by atoms with van der Waals surface area (Å²) < 4.78 is 0. The minimum atomic E-state index is -0.366. The maximum absolute atomic E-state index is 12.8. The van der Waals surface area contributed by atoms with Crippen molar-refractivity contribution in [3.05, 3.63) is 89.7 Å². The SMILES string of the molecule is O=C(N[C@H](Cc1ccccc1)c1nn[nH]n1)c1ccc2ccccc2c1. The number of aromatic nitrogens is 4. The summed E-state index contributed by atoms with van der Waals surface area (Å²) in [6, 6.07) is 23.2. The molecule has 1 amide bonds. The summed E-state index contributed by atoms with van der Waals surface area (Å²) in [5, 5.41) is 19.3. The normalized spacial score (nSPS) is 12.0. The molecule has 1 atom stereocenters. The van der Waals surface area contributed by atoms with Gasteiger partial charge in [0.05, 0.1) is 6.04 Å². The van der Waals surface area contributed by atoms with E-state index in [4.69, 9.17) is 0 Å². The summed E-state index contributed by atoms with van der Waals surface area (Å²) in [6.07, 6.45) is 0.583. The molecule has 128 valence electrons. The lowest BCUT2D eigenvalue weighted by Crippen LogP contribution is -2.30. The van der Waals surface area contributed by atoms with E-state index in [0.717, 1.165) is 16.3 Å². The van der Waals surface area contributed by atoms with E-state index in [1.165, 1.54) is 0 Å². The van der Waals surface area contributed by atoms with Crippen molar-refractivity contribution in [3.63, 3.8) is 0 Å². The first-order chi connectivity index (χ1) is 12.8. The quantitative estimate of drug-likeness (QED) is 0.583. The number of hydrogen-bond donors (Lipinski definition) is 2. The van der Waals surface area contributed by atoms with Crippen LogP contribution >= 0.6 is 0 Å². The molecule has 0 saturated carbocycles. The highest BCUT2D eigenvalue weighted by molar-refractivity contribution is 5.98. The lowest BCUT2D eigenvalue weighted by atomic mass is 10.0. The molecule has 2 N–H and O–H groups in total. The summed E-state index contributed by atoms with van der Waals surface area (Å²) in [7, 11) is 0. The van der Waals surface area contributed by atoms with Gasteiger partial charge in [-0.2, -0.15) is 5.21 Å².